The van der Waals surface area contributed by atoms with Gasteiger partial charge in [-0.25, -0.2) is 0 Å². The molecule has 0 aromatic heterocycles. The van der Waals surface area contributed by atoms with Crippen molar-refractivity contribution >= 4 is 0 Å². The normalized spacial score (nSPS) is 26.6. The molecule has 0 aromatic rings. The van der Waals surface area contributed by atoms with Gasteiger partial charge in [0.25, 0.3) is 0 Å². The van der Waals surface area contributed by atoms with E-state index in [1.165, 1.54) is 51.4 Å². The van der Waals surface area contributed by atoms with Gasteiger partial charge in [-0.2, -0.15) is 0 Å². The molecule has 1 fully saturated rings. The van der Waals surface area contributed by atoms with Crippen LogP contribution in [0, 0.1) is 16.7 Å². The topological polar surface area (TPSA) is 0 Å². The Labute approximate surface area is 103 Å². The Hall–Kier alpha value is 0. The van der Waals surface area contributed by atoms with Crippen LogP contribution in [0.4, 0.5) is 0 Å². The van der Waals surface area contributed by atoms with E-state index in [0.29, 0.717) is 10.8 Å². The summed E-state index contributed by atoms with van der Waals surface area (Å²) in [7, 11) is 0. The van der Waals surface area contributed by atoms with E-state index in [2.05, 4.69) is 34.6 Å². The van der Waals surface area contributed by atoms with Gasteiger partial charge in [0.1, 0.15) is 0 Å². The predicted molar refractivity (Wildman–Crippen MR) is 73.7 cm³/mol. The quantitative estimate of drug-likeness (QED) is 0.527. The lowest BCUT2D eigenvalue weighted by Gasteiger charge is -2.36. The van der Waals surface area contributed by atoms with E-state index < -0.39 is 0 Å². The van der Waals surface area contributed by atoms with Gasteiger partial charge in [0.05, 0.1) is 0 Å². The Morgan fingerprint density at radius 2 is 1.06 bits per heavy atom. The van der Waals surface area contributed by atoms with Crippen molar-refractivity contribution in [3.63, 3.8) is 0 Å². The molecule has 1 rings (SSSR count). The highest BCUT2D eigenvalue weighted by molar-refractivity contribution is 4.80. The van der Waals surface area contributed by atoms with Gasteiger partial charge in [0.2, 0.25) is 0 Å². The van der Waals surface area contributed by atoms with E-state index in [4.69, 9.17) is 0 Å². The highest BCUT2D eigenvalue weighted by Gasteiger charge is 2.29. The molecule has 0 bridgehead atoms. The fourth-order valence-corrected chi connectivity index (χ4v) is 3.09. The zero-order valence-electron chi connectivity index (χ0n) is 12.2. The van der Waals surface area contributed by atoms with Crippen molar-refractivity contribution in [2.24, 2.45) is 16.7 Å². The van der Waals surface area contributed by atoms with Gasteiger partial charge >= 0.3 is 0 Å². The highest BCUT2D eigenvalue weighted by Crippen LogP contribution is 2.41. The second kappa shape index (κ2) is 5.56. The van der Waals surface area contributed by atoms with Gasteiger partial charge in [-0.15, -0.1) is 0 Å². The second-order valence-corrected chi connectivity index (χ2v) is 7.39. The third-order valence-electron chi connectivity index (χ3n) is 5.10. The van der Waals surface area contributed by atoms with Crippen molar-refractivity contribution in [3.05, 3.63) is 0 Å². The van der Waals surface area contributed by atoms with Crippen molar-refractivity contribution in [3.8, 4) is 0 Å². The summed E-state index contributed by atoms with van der Waals surface area (Å²) in [5, 5.41) is 0. The van der Waals surface area contributed by atoms with Crippen molar-refractivity contribution in [1.29, 1.82) is 0 Å². The average molecular weight is 224 g/mol. The molecule has 1 saturated carbocycles. The van der Waals surface area contributed by atoms with Crippen LogP contribution >= 0.6 is 0 Å². The first kappa shape index (κ1) is 14.1. The van der Waals surface area contributed by atoms with Gasteiger partial charge in [-0.1, -0.05) is 60.3 Å². The van der Waals surface area contributed by atoms with Crippen molar-refractivity contribution < 1.29 is 0 Å². The van der Waals surface area contributed by atoms with Gasteiger partial charge in [0, 0.05) is 0 Å². The van der Waals surface area contributed by atoms with Crippen molar-refractivity contribution in [2.45, 2.75) is 86.0 Å². The summed E-state index contributed by atoms with van der Waals surface area (Å²) >= 11 is 0. The average Bonchev–Trinajstić information content (AvgIpc) is 2.19. The molecule has 0 saturated heterocycles. The summed E-state index contributed by atoms with van der Waals surface area (Å²) in [5.41, 5.74) is 1.22. The third-order valence-corrected chi connectivity index (χ3v) is 5.10. The van der Waals surface area contributed by atoms with Gasteiger partial charge in [-0.05, 0) is 42.4 Å². The molecule has 0 aromatic carbocycles. The first-order valence-corrected chi connectivity index (χ1v) is 7.36. The van der Waals surface area contributed by atoms with E-state index in [-0.39, 0.29) is 0 Å². The van der Waals surface area contributed by atoms with Crippen molar-refractivity contribution in [1.82, 2.24) is 0 Å². The second-order valence-electron chi connectivity index (χ2n) is 7.39. The molecule has 0 heterocycles. The molecule has 0 spiro atoms. The van der Waals surface area contributed by atoms with Crippen LogP contribution in [0.2, 0.25) is 0 Å². The van der Waals surface area contributed by atoms with Crippen LogP contribution in [0.3, 0.4) is 0 Å². The minimum absolute atomic E-state index is 0.603. The lowest BCUT2D eigenvalue weighted by atomic mass is 9.69. The smallest absolute Gasteiger partial charge is 0.0303 e. The summed E-state index contributed by atoms with van der Waals surface area (Å²) in [4.78, 5) is 0. The lowest BCUT2D eigenvalue weighted by molar-refractivity contribution is 0.151. The summed E-state index contributed by atoms with van der Waals surface area (Å²) in [6.07, 6.45) is 11.5. The van der Waals surface area contributed by atoms with E-state index >= 15 is 0 Å². The van der Waals surface area contributed by atoms with Crippen LogP contribution in [-0.4, -0.2) is 0 Å². The number of rotatable bonds is 1. The Morgan fingerprint density at radius 3 is 1.44 bits per heavy atom. The van der Waals surface area contributed by atoms with E-state index in [9.17, 15) is 0 Å². The Morgan fingerprint density at radius 1 is 0.688 bits per heavy atom. The molecule has 1 aliphatic rings. The van der Waals surface area contributed by atoms with E-state index in [1.807, 2.05) is 0 Å². The van der Waals surface area contributed by atoms with Crippen LogP contribution in [0.1, 0.15) is 86.0 Å². The maximum absolute atomic E-state index is 2.52. The zero-order valence-corrected chi connectivity index (χ0v) is 12.2. The van der Waals surface area contributed by atoms with Gasteiger partial charge < -0.3 is 0 Å². The minimum Gasteiger partial charge on any atom is -0.0623 e. The SMILES string of the molecule is CC(C)C1(C)CCCCC(C)(C)CCCC1. The van der Waals surface area contributed by atoms with Crippen LogP contribution in [0.25, 0.3) is 0 Å². The van der Waals surface area contributed by atoms with Crippen LogP contribution in [0.15, 0.2) is 0 Å². The molecule has 0 nitrogen and oxygen atoms in total. The van der Waals surface area contributed by atoms with E-state index in [0.717, 1.165) is 5.92 Å². The first-order valence-electron chi connectivity index (χ1n) is 7.36. The Balaban J connectivity index is 2.54. The molecule has 0 unspecified atom stereocenters. The summed E-state index contributed by atoms with van der Waals surface area (Å²) < 4.78 is 0. The molecule has 16 heavy (non-hydrogen) atoms. The first-order chi connectivity index (χ1) is 7.36. The molecule has 0 heteroatoms. The number of hydrogen-bond acceptors (Lipinski definition) is 0. The molecular formula is C16H32. The van der Waals surface area contributed by atoms with Crippen LogP contribution < -0.4 is 0 Å². The van der Waals surface area contributed by atoms with Crippen LogP contribution in [0.5, 0.6) is 0 Å². The predicted octanol–water partition coefficient (Wildman–Crippen LogP) is 5.81. The standard InChI is InChI=1S/C16H32/c1-14(2)16(5)12-8-6-10-15(3,4)11-7-9-13-16/h14H,6-13H2,1-5H3. The monoisotopic (exact) mass is 224 g/mol. The molecule has 96 valence electrons. The van der Waals surface area contributed by atoms with Crippen LogP contribution in [-0.2, 0) is 0 Å². The molecule has 0 aliphatic heterocycles. The summed E-state index contributed by atoms with van der Waals surface area (Å²) in [6, 6.07) is 0. The molecule has 0 N–H and O–H groups in total. The number of hydrogen-bond donors (Lipinski definition) is 0. The lowest BCUT2D eigenvalue weighted by Crippen LogP contribution is -2.25. The molecule has 0 radical (unpaired) electrons. The maximum Gasteiger partial charge on any atom is -0.0303 e. The summed E-state index contributed by atoms with van der Waals surface area (Å²) in [6.45, 7) is 12.3. The molecule has 0 atom stereocenters. The maximum atomic E-state index is 2.52. The van der Waals surface area contributed by atoms with Gasteiger partial charge in [0.15, 0.2) is 0 Å². The van der Waals surface area contributed by atoms with Gasteiger partial charge in [-0.3, -0.25) is 0 Å². The molecule has 0 amide bonds. The molecular weight excluding hydrogens is 192 g/mol. The highest BCUT2D eigenvalue weighted by atomic mass is 14.3. The Bertz CT molecular complexity index is 186. The summed E-state index contributed by atoms with van der Waals surface area (Å²) in [5.74, 6) is 0.847. The largest absolute Gasteiger partial charge is 0.0623 e. The third kappa shape index (κ3) is 4.11. The van der Waals surface area contributed by atoms with E-state index in [1.54, 1.807) is 0 Å². The fraction of sp³-hybridized carbons (Fsp3) is 1.00. The minimum atomic E-state index is 0.603. The van der Waals surface area contributed by atoms with Crippen molar-refractivity contribution in [2.75, 3.05) is 0 Å². The fourth-order valence-electron chi connectivity index (χ4n) is 3.09. The Kier molecular flexibility index (Phi) is 4.88. The zero-order chi connectivity index (χ0) is 12.2. The molecule has 1 aliphatic carbocycles.